The molecule has 1 amide bonds. The van der Waals surface area contributed by atoms with Gasteiger partial charge in [0, 0.05) is 6.08 Å². The summed E-state index contributed by atoms with van der Waals surface area (Å²) in [7, 11) is 0. The summed E-state index contributed by atoms with van der Waals surface area (Å²) in [5.41, 5.74) is 0.293. The van der Waals surface area contributed by atoms with E-state index in [0.29, 0.717) is 11.4 Å². The molecule has 0 aliphatic heterocycles. The number of nitrogens with one attached hydrogen (secondary N) is 1. The maximum absolute atomic E-state index is 11.6. The van der Waals surface area contributed by atoms with Gasteiger partial charge in [-0.2, -0.15) is 0 Å². The molecule has 6 heteroatoms. The monoisotopic (exact) mass is 263 g/mol. The number of carbonyl (C=O) groups excluding carboxylic acids is 1. The summed E-state index contributed by atoms with van der Waals surface area (Å²) in [6.45, 7) is 0. The molecule has 0 aliphatic carbocycles. The highest BCUT2D eigenvalue weighted by atomic mass is 32.1. The van der Waals surface area contributed by atoms with Gasteiger partial charge in [0.05, 0.1) is 12.0 Å². The molecular weight excluding hydrogens is 254 g/mol. The minimum atomic E-state index is -1.06. The van der Waals surface area contributed by atoms with Gasteiger partial charge in [0.25, 0.3) is 0 Å². The molecule has 0 bridgehead atoms. The number of hydrogen-bond acceptors (Lipinski definition) is 4. The molecule has 92 valence electrons. The zero-order valence-electron chi connectivity index (χ0n) is 9.12. The van der Waals surface area contributed by atoms with Crippen molar-refractivity contribution in [1.82, 2.24) is 0 Å². The lowest BCUT2D eigenvalue weighted by Crippen LogP contribution is -2.09. The molecular formula is C12H9NO4S. The van der Waals surface area contributed by atoms with E-state index in [4.69, 9.17) is 9.52 Å². The Labute approximate surface area is 106 Å². The molecule has 2 rings (SSSR count). The SMILES string of the molecule is O=C(/C=C/c1ccco1)Nc1ccsc1C(=O)O. The van der Waals surface area contributed by atoms with Crippen LogP contribution in [0.4, 0.5) is 5.69 Å². The Hall–Kier alpha value is -2.34. The Morgan fingerprint density at radius 2 is 2.22 bits per heavy atom. The fourth-order valence-corrected chi connectivity index (χ4v) is 1.98. The van der Waals surface area contributed by atoms with Crippen molar-refractivity contribution in [3.8, 4) is 0 Å². The second-order valence-corrected chi connectivity index (χ2v) is 4.22. The van der Waals surface area contributed by atoms with Crippen LogP contribution in [0.25, 0.3) is 6.08 Å². The molecule has 2 aromatic heterocycles. The average Bonchev–Trinajstić information content (AvgIpc) is 2.96. The third-order valence-corrected chi connectivity index (χ3v) is 2.96. The van der Waals surface area contributed by atoms with Crippen molar-refractivity contribution in [2.45, 2.75) is 0 Å². The minimum absolute atomic E-state index is 0.106. The Kier molecular flexibility index (Phi) is 3.59. The van der Waals surface area contributed by atoms with Gasteiger partial charge in [-0.15, -0.1) is 11.3 Å². The second-order valence-electron chi connectivity index (χ2n) is 3.31. The van der Waals surface area contributed by atoms with E-state index in [1.54, 1.807) is 23.6 Å². The van der Waals surface area contributed by atoms with Gasteiger partial charge in [-0.3, -0.25) is 4.79 Å². The van der Waals surface area contributed by atoms with E-state index >= 15 is 0 Å². The maximum Gasteiger partial charge on any atom is 0.348 e. The van der Waals surface area contributed by atoms with Gasteiger partial charge in [0.1, 0.15) is 10.6 Å². The molecule has 2 N–H and O–H groups in total. The first-order valence-electron chi connectivity index (χ1n) is 5.00. The van der Waals surface area contributed by atoms with Crippen molar-refractivity contribution in [2.75, 3.05) is 5.32 Å². The summed E-state index contributed by atoms with van der Waals surface area (Å²) in [5.74, 6) is -0.920. The Bertz CT molecular complexity index is 583. The van der Waals surface area contributed by atoms with Crippen LogP contribution in [0.2, 0.25) is 0 Å². The zero-order valence-corrected chi connectivity index (χ0v) is 9.94. The number of amides is 1. The molecule has 5 nitrogen and oxygen atoms in total. The summed E-state index contributed by atoms with van der Waals surface area (Å²) >= 11 is 1.06. The van der Waals surface area contributed by atoms with Crippen LogP contribution in [-0.4, -0.2) is 17.0 Å². The fraction of sp³-hybridized carbons (Fsp3) is 0. The van der Waals surface area contributed by atoms with E-state index in [-0.39, 0.29) is 4.88 Å². The highest BCUT2D eigenvalue weighted by molar-refractivity contribution is 7.12. The number of rotatable bonds is 4. The topological polar surface area (TPSA) is 79.5 Å². The maximum atomic E-state index is 11.6. The third-order valence-electron chi connectivity index (χ3n) is 2.06. The van der Waals surface area contributed by atoms with Crippen molar-refractivity contribution in [2.24, 2.45) is 0 Å². The van der Waals surface area contributed by atoms with Crippen LogP contribution in [0.15, 0.2) is 40.3 Å². The van der Waals surface area contributed by atoms with Crippen molar-refractivity contribution < 1.29 is 19.1 Å². The smallest absolute Gasteiger partial charge is 0.348 e. The van der Waals surface area contributed by atoms with Gasteiger partial charge in [0.15, 0.2) is 0 Å². The Morgan fingerprint density at radius 3 is 2.89 bits per heavy atom. The van der Waals surface area contributed by atoms with Gasteiger partial charge in [-0.05, 0) is 29.7 Å². The number of thiophene rings is 1. The minimum Gasteiger partial charge on any atom is -0.477 e. The molecule has 0 unspecified atom stereocenters. The zero-order chi connectivity index (χ0) is 13.0. The fourth-order valence-electron chi connectivity index (χ4n) is 1.29. The molecule has 0 atom stereocenters. The van der Waals surface area contributed by atoms with Crippen LogP contribution < -0.4 is 5.32 Å². The number of hydrogen-bond donors (Lipinski definition) is 2. The number of anilines is 1. The number of carbonyl (C=O) groups is 2. The van der Waals surface area contributed by atoms with Crippen molar-refractivity contribution in [3.05, 3.63) is 46.6 Å². The quantitative estimate of drug-likeness (QED) is 0.831. The van der Waals surface area contributed by atoms with E-state index in [1.165, 1.54) is 18.4 Å². The largest absolute Gasteiger partial charge is 0.477 e. The molecule has 2 aromatic rings. The summed E-state index contributed by atoms with van der Waals surface area (Å²) in [6.07, 6.45) is 4.28. The first kappa shape index (κ1) is 12.1. The highest BCUT2D eigenvalue weighted by Crippen LogP contribution is 2.22. The predicted molar refractivity (Wildman–Crippen MR) is 67.7 cm³/mol. The number of furan rings is 1. The van der Waals surface area contributed by atoms with Crippen LogP contribution in [0.1, 0.15) is 15.4 Å². The third kappa shape index (κ3) is 2.86. The number of aromatic carboxylic acids is 1. The standard InChI is InChI=1S/C12H9NO4S/c14-10(4-3-8-2-1-6-17-8)13-9-5-7-18-11(9)12(15)16/h1-7H,(H,13,14)(H,15,16)/b4-3+. The molecule has 2 heterocycles. The molecule has 0 fully saturated rings. The number of carboxylic acids is 1. The molecule has 0 spiro atoms. The van der Waals surface area contributed by atoms with E-state index in [1.807, 2.05) is 0 Å². The van der Waals surface area contributed by atoms with Crippen molar-refractivity contribution in [3.63, 3.8) is 0 Å². The van der Waals surface area contributed by atoms with Gasteiger partial charge < -0.3 is 14.8 Å². The van der Waals surface area contributed by atoms with Crippen LogP contribution in [0.5, 0.6) is 0 Å². The summed E-state index contributed by atoms with van der Waals surface area (Å²) in [5, 5.41) is 13.0. The van der Waals surface area contributed by atoms with Crippen molar-refractivity contribution >= 4 is 35.0 Å². The van der Waals surface area contributed by atoms with Crippen LogP contribution in [0.3, 0.4) is 0 Å². The Morgan fingerprint density at radius 1 is 1.39 bits per heavy atom. The molecule has 0 aromatic carbocycles. The van der Waals surface area contributed by atoms with E-state index in [0.717, 1.165) is 11.3 Å². The second kappa shape index (κ2) is 5.33. The van der Waals surface area contributed by atoms with Crippen LogP contribution in [0, 0.1) is 0 Å². The van der Waals surface area contributed by atoms with E-state index in [9.17, 15) is 9.59 Å². The van der Waals surface area contributed by atoms with E-state index < -0.39 is 11.9 Å². The first-order valence-corrected chi connectivity index (χ1v) is 5.88. The molecule has 0 aliphatic rings. The van der Waals surface area contributed by atoms with Crippen molar-refractivity contribution in [1.29, 1.82) is 0 Å². The number of carboxylic acid groups (broad SMARTS) is 1. The molecule has 0 saturated heterocycles. The van der Waals surface area contributed by atoms with Crippen LogP contribution in [-0.2, 0) is 4.79 Å². The lowest BCUT2D eigenvalue weighted by atomic mass is 10.3. The molecule has 18 heavy (non-hydrogen) atoms. The summed E-state index contributed by atoms with van der Waals surface area (Å²) < 4.78 is 5.02. The van der Waals surface area contributed by atoms with E-state index in [2.05, 4.69) is 5.32 Å². The first-order chi connectivity index (χ1) is 8.66. The van der Waals surface area contributed by atoms with Gasteiger partial charge >= 0.3 is 5.97 Å². The lowest BCUT2D eigenvalue weighted by Gasteiger charge is -1.99. The van der Waals surface area contributed by atoms with Gasteiger partial charge in [0.2, 0.25) is 5.91 Å². The van der Waals surface area contributed by atoms with Gasteiger partial charge in [-0.25, -0.2) is 4.79 Å². The normalized spacial score (nSPS) is 10.7. The average molecular weight is 263 g/mol. The summed E-state index contributed by atoms with van der Waals surface area (Å²) in [4.78, 5) is 22.5. The molecule has 0 saturated carbocycles. The summed E-state index contributed by atoms with van der Waals surface area (Å²) in [6, 6.07) is 4.96. The molecule has 0 radical (unpaired) electrons. The van der Waals surface area contributed by atoms with Gasteiger partial charge in [-0.1, -0.05) is 0 Å². The lowest BCUT2D eigenvalue weighted by molar-refractivity contribution is -0.111. The Balaban J connectivity index is 2.03. The predicted octanol–water partition coefficient (Wildman–Crippen LogP) is 2.69. The van der Waals surface area contributed by atoms with Crippen LogP contribution >= 0.6 is 11.3 Å². The highest BCUT2D eigenvalue weighted by Gasteiger charge is 2.12.